The smallest absolute Gasteiger partial charge is 0.244 e. The topological polar surface area (TPSA) is 61.4 Å². The molecule has 2 unspecified atom stereocenters. The lowest BCUT2D eigenvalue weighted by atomic mass is 9.81. The van der Waals surface area contributed by atoms with E-state index < -0.39 is 11.2 Å². The van der Waals surface area contributed by atoms with Crippen molar-refractivity contribution in [2.75, 3.05) is 6.54 Å². The third kappa shape index (κ3) is 2.53. The standard InChI is InChI=1S/C17H29N3O2/c1-3-4-10-20-15(22)16(8-6-5-7-9-16)19-17(20)11-13(2)18-14(21)12-17/h13,19H,3-12H2,1-2H3,(H,18,21). The summed E-state index contributed by atoms with van der Waals surface area (Å²) in [4.78, 5) is 27.4. The zero-order valence-electron chi connectivity index (χ0n) is 13.9. The summed E-state index contributed by atoms with van der Waals surface area (Å²) in [5.41, 5.74) is -0.853. The largest absolute Gasteiger partial charge is 0.353 e. The van der Waals surface area contributed by atoms with E-state index in [1.54, 1.807) is 0 Å². The summed E-state index contributed by atoms with van der Waals surface area (Å²) in [5.74, 6) is 0.316. The van der Waals surface area contributed by atoms with Crippen LogP contribution in [-0.2, 0) is 9.59 Å². The van der Waals surface area contributed by atoms with E-state index in [0.29, 0.717) is 6.42 Å². The number of amides is 2. The van der Waals surface area contributed by atoms with Gasteiger partial charge in [0.1, 0.15) is 5.66 Å². The maximum absolute atomic E-state index is 13.2. The first-order valence-corrected chi connectivity index (χ1v) is 8.92. The van der Waals surface area contributed by atoms with Gasteiger partial charge < -0.3 is 10.2 Å². The number of nitrogens with one attached hydrogen (secondary N) is 2. The fourth-order valence-corrected chi connectivity index (χ4v) is 4.67. The lowest BCUT2D eigenvalue weighted by Crippen LogP contribution is -2.63. The van der Waals surface area contributed by atoms with Gasteiger partial charge in [0.2, 0.25) is 11.8 Å². The van der Waals surface area contributed by atoms with Crippen molar-refractivity contribution in [1.29, 1.82) is 0 Å². The van der Waals surface area contributed by atoms with Crippen LogP contribution in [0.5, 0.6) is 0 Å². The van der Waals surface area contributed by atoms with Gasteiger partial charge in [0.15, 0.2) is 0 Å². The Morgan fingerprint density at radius 1 is 1.23 bits per heavy atom. The molecule has 2 N–H and O–H groups in total. The van der Waals surface area contributed by atoms with Gasteiger partial charge in [-0.25, -0.2) is 0 Å². The number of hydrogen-bond donors (Lipinski definition) is 2. The van der Waals surface area contributed by atoms with Gasteiger partial charge in [0.25, 0.3) is 0 Å². The van der Waals surface area contributed by atoms with Crippen LogP contribution in [-0.4, -0.2) is 40.5 Å². The van der Waals surface area contributed by atoms with Gasteiger partial charge >= 0.3 is 0 Å². The Morgan fingerprint density at radius 3 is 2.59 bits per heavy atom. The quantitative estimate of drug-likeness (QED) is 0.837. The lowest BCUT2D eigenvalue weighted by molar-refractivity contribution is -0.138. The van der Waals surface area contributed by atoms with Crippen LogP contribution in [0.25, 0.3) is 0 Å². The minimum absolute atomic E-state index is 0.0633. The molecule has 0 bridgehead atoms. The fraction of sp³-hybridized carbons (Fsp3) is 0.882. The average Bonchev–Trinajstić information content (AvgIpc) is 2.65. The van der Waals surface area contributed by atoms with Crippen LogP contribution in [0, 0.1) is 0 Å². The number of rotatable bonds is 3. The summed E-state index contributed by atoms with van der Waals surface area (Å²) < 4.78 is 0. The van der Waals surface area contributed by atoms with Crippen molar-refractivity contribution in [3.63, 3.8) is 0 Å². The third-order valence-electron chi connectivity index (χ3n) is 5.59. The van der Waals surface area contributed by atoms with Crippen LogP contribution in [0.15, 0.2) is 0 Å². The van der Waals surface area contributed by atoms with E-state index in [-0.39, 0.29) is 17.9 Å². The second-order valence-corrected chi connectivity index (χ2v) is 7.46. The highest BCUT2D eigenvalue weighted by Gasteiger charge is 2.60. The summed E-state index contributed by atoms with van der Waals surface area (Å²) in [6, 6.07) is 0.115. The van der Waals surface area contributed by atoms with Crippen LogP contribution >= 0.6 is 0 Å². The molecule has 0 aromatic carbocycles. The maximum Gasteiger partial charge on any atom is 0.244 e. The van der Waals surface area contributed by atoms with Gasteiger partial charge in [-0.15, -0.1) is 0 Å². The molecule has 5 heteroatoms. The summed E-state index contributed by atoms with van der Waals surface area (Å²) in [5, 5.41) is 6.70. The molecule has 2 heterocycles. The zero-order chi connectivity index (χ0) is 15.8. The van der Waals surface area contributed by atoms with Gasteiger partial charge in [0.05, 0.1) is 12.0 Å². The van der Waals surface area contributed by atoms with Crippen molar-refractivity contribution in [3.05, 3.63) is 0 Å². The first-order valence-electron chi connectivity index (χ1n) is 8.92. The monoisotopic (exact) mass is 307 g/mol. The molecule has 3 fully saturated rings. The van der Waals surface area contributed by atoms with Crippen molar-refractivity contribution in [2.45, 2.75) is 88.9 Å². The van der Waals surface area contributed by atoms with Crippen molar-refractivity contribution in [1.82, 2.24) is 15.5 Å². The van der Waals surface area contributed by atoms with Gasteiger partial charge in [0, 0.05) is 19.0 Å². The fourth-order valence-electron chi connectivity index (χ4n) is 4.67. The number of unbranched alkanes of at least 4 members (excludes halogenated alkanes) is 1. The Labute approximate surface area is 133 Å². The Kier molecular flexibility index (Phi) is 4.19. The number of carbonyl (C=O) groups excluding carboxylic acids is 2. The molecule has 2 atom stereocenters. The molecule has 3 rings (SSSR count). The van der Waals surface area contributed by atoms with Crippen LogP contribution in [0.1, 0.15) is 71.6 Å². The minimum Gasteiger partial charge on any atom is -0.353 e. The number of carbonyl (C=O) groups is 2. The van der Waals surface area contributed by atoms with Gasteiger partial charge in [-0.1, -0.05) is 32.6 Å². The van der Waals surface area contributed by atoms with Crippen molar-refractivity contribution >= 4 is 11.8 Å². The predicted molar refractivity (Wildman–Crippen MR) is 85.1 cm³/mol. The molecule has 0 aromatic heterocycles. The number of piperidine rings is 1. The summed E-state index contributed by atoms with van der Waals surface area (Å²) in [6.07, 6.45) is 8.56. The van der Waals surface area contributed by atoms with E-state index in [1.165, 1.54) is 6.42 Å². The number of hydrogen-bond acceptors (Lipinski definition) is 3. The van der Waals surface area contributed by atoms with Gasteiger partial charge in [-0.3, -0.25) is 14.9 Å². The second-order valence-electron chi connectivity index (χ2n) is 7.46. The Hall–Kier alpha value is -1.10. The molecule has 22 heavy (non-hydrogen) atoms. The first kappa shape index (κ1) is 15.8. The molecular weight excluding hydrogens is 278 g/mol. The van der Waals surface area contributed by atoms with E-state index in [0.717, 1.165) is 51.5 Å². The second kappa shape index (κ2) is 5.84. The summed E-state index contributed by atoms with van der Waals surface area (Å²) >= 11 is 0. The Bertz CT molecular complexity index is 459. The Morgan fingerprint density at radius 2 is 1.95 bits per heavy atom. The SMILES string of the molecule is CCCCN1C(=O)C2(CCCCC2)NC12CC(=O)NC(C)C2. The van der Waals surface area contributed by atoms with E-state index in [9.17, 15) is 9.59 Å². The molecule has 5 nitrogen and oxygen atoms in total. The van der Waals surface area contributed by atoms with Crippen molar-refractivity contribution < 1.29 is 9.59 Å². The molecule has 1 saturated carbocycles. The molecule has 124 valence electrons. The molecule has 1 aliphatic carbocycles. The number of nitrogens with zero attached hydrogens (tertiary/aromatic N) is 1. The normalized spacial score (nSPS) is 34.5. The molecule has 2 aliphatic heterocycles. The Balaban J connectivity index is 1.91. The molecule has 0 aromatic rings. The van der Waals surface area contributed by atoms with Crippen LogP contribution < -0.4 is 10.6 Å². The first-order chi connectivity index (χ1) is 10.5. The lowest BCUT2D eigenvalue weighted by Gasteiger charge is -2.43. The molecule has 2 spiro atoms. The third-order valence-corrected chi connectivity index (χ3v) is 5.59. The van der Waals surface area contributed by atoms with Gasteiger partial charge in [-0.2, -0.15) is 0 Å². The summed E-state index contributed by atoms with van der Waals surface area (Å²) in [6.45, 7) is 4.95. The van der Waals surface area contributed by atoms with Crippen LogP contribution in [0.4, 0.5) is 0 Å². The van der Waals surface area contributed by atoms with E-state index in [4.69, 9.17) is 0 Å². The molecular formula is C17H29N3O2. The van der Waals surface area contributed by atoms with E-state index in [1.807, 2.05) is 11.8 Å². The van der Waals surface area contributed by atoms with Crippen LogP contribution in [0.2, 0.25) is 0 Å². The average molecular weight is 307 g/mol. The highest BCUT2D eigenvalue weighted by Crippen LogP contribution is 2.43. The molecule has 0 radical (unpaired) electrons. The van der Waals surface area contributed by atoms with Gasteiger partial charge in [-0.05, 0) is 26.2 Å². The molecule has 2 saturated heterocycles. The maximum atomic E-state index is 13.2. The van der Waals surface area contributed by atoms with Crippen molar-refractivity contribution in [2.24, 2.45) is 0 Å². The van der Waals surface area contributed by atoms with E-state index in [2.05, 4.69) is 17.6 Å². The zero-order valence-corrected chi connectivity index (χ0v) is 13.9. The minimum atomic E-state index is -0.453. The molecule has 3 aliphatic rings. The summed E-state index contributed by atoms with van der Waals surface area (Å²) in [7, 11) is 0. The van der Waals surface area contributed by atoms with Crippen molar-refractivity contribution in [3.8, 4) is 0 Å². The highest BCUT2D eigenvalue weighted by molar-refractivity contribution is 5.91. The van der Waals surface area contributed by atoms with E-state index >= 15 is 0 Å². The molecule has 2 amide bonds. The predicted octanol–water partition coefficient (Wildman–Crippen LogP) is 1.92. The van der Waals surface area contributed by atoms with Crippen LogP contribution in [0.3, 0.4) is 0 Å². The highest BCUT2D eigenvalue weighted by atomic mass is 16.2.